The Bertz CT molecular complexity index is 913. The lowest BCUT2D eigenvalue weighted by Gasteiger charge is -2.22. The van der Waals surface area contributed by atoms with Gasteiger partial charge in [0.05, 0.1) is 11.7 Å². The molecule has 122 valence electrons. The summed E-state index contributed by atoms with van der Waals surface area (Å²) in [6.07, 6.45) is 3.02. The lowest BCUT2D eigenvalue weighted by Crippen LogP contribution is -2.28. The highest BCUT2D eigenvalue weighted by Gasteiger charge is 2.24. The number of tetrazole rings is 1. The maximum atomic E-state index is 12.1. The van der Waals surface area contributed by atoms with Gasteiger partial charge in [0, 0.05) is 19.3 Å². The Morgan fingerprint density at radius 3 is 2.74 bits per heavy atom. The van der Waals surface area contributed by atoms with Crippen LogP contribution in [-0.2, 0) is 19.2 Å². The van der Waals surface area contributed by atoms with Gasteiger partial charge in [0.2, 0.25) is 5.88 Å². The van der Waals surface area contributed by atoms with Crippen LogP contribution in [0, 0.1) is 0 Å². The van der Waals surface area contributed by atoms with Crippen LogP contribution in [-0.4, -0.2) is 39.8 Å². The fourth-order valence-corrected chi connectivity index (χ4v) is 2.16. The minimum absolute atomic E-state index is 0.118. The number of H-pyrrole nitrogens is 1. The predicted molar refractivity (Wildman–Crippen MR) is 80.3 cm³/mol. The summed E-state index contributed by atoms with van der Waals surface area (Å²) in [4.78, 5) is 12.1. The molecule has 3 aromatic rings. The first-order valence-corrected chi connectivity index (χ1v) is 7.02. The molecule has 0 atom stereocenters. The van der Waals surface area contributed by atoms with Crippen molar-refractivity contribution in [3.05, 3.63) is 34.6 Å². The van der Waals surface area contributed by atoms with Crippen LogP contribution >= 0.6 is 0 Å². The van der Waals surface area contributed by atoms with Gasteiger partial charge in [-0.3, -0.25) is 9.77 Å². The average molecular weight is 320 g/mol. The van der Waals surface area contributed by atoms with Gasteiger partial charge in [0.15, 0.2) is 1.41 Å². The van der Waals surface area contributed by atoms with Crippen molar-refractivity contribution in [1.82, 2.24) is 39.8 Å². The Kier molecular flexibility index (Phi) is 3.21. The van der Waals surface area contributed by atoms with Crippen LogP contribution in [0.2, 0.25) is 1.41 Å². The molecule has 10 heteroatoms. The van der Waals surface area contributed by atoms with E-state index in [0.29, 0.717) is 17.3 Å². The average Bonchev–Trinajstić information content (AvgIpc) is 3.17. The molecule has 3 rings (SSSR count). The van der Waals surface area contributed by atoms with Crippen molar-refractivity contribution in [3.8, 4) is 11.6 Å². The largest absolute Gasteiger partial charge is 0.470 e. The van der Waals surface area contributed by atoms with Gasteiger partial charge in [0.25, 0.3) is 0 Å². The number of aryl methyl sites for hydroxylation is 1. The third-order valence-electron chi connectivity index (χ3n) is 3.23. The summed E-state index contributed by atoms with van der Waals surface area (Å²) in [5.41, 5.74) is 0.454. The molecule has 0 saturated heterocycles. The monoisotopic (exact) mass is 320 g/mol. The number of ether oxygens (including phenoxy) is 1. The molecule has 0 aromatic carbocycles. The summed E-state index contributed by atoms with van der Waals surface area (Å²) in [5, 5.41) is 16.7. The van der Waals surface area contributed by atoms with Crippen molar-refractivity contribution in [1.29, 1.82) is 0 Å². The van der Waals surface area contributed by atoms with Crippen LogP contribution in [0.15, 0.2) is 23.3 Å². The topological polar surface area (TPSA) is 108 Å². The van der Waals surface area contributed by atoms with Crippen LogP contribution in [0.5, 0.6) is 5.88 Å². The number of nitrogens with one attached hydrogen (secondary N) is 1. The van der Waals surface area contributed by atoms with Crippen LogP contribution in [0.4, 0.5) is 0 Å². The van der Waals surface area contributed by atoms with Crippen LogP contribution < -0.4 is 10.4 Å². The van der Waals surface area contributed by atoms with Gasteiger partial charge in [-0.05, 0) is 31.2 Å². The summed E-state index contributed by atoms with van der Waals surface area (Å²) in [6, 6.07) is 1.58. The lowest BCUT2D eigenvalue weighted by molar-refractivity contribution is 0.256. The molecule has 0 fully saturated rings. The first-order chi connectivity index (χ1) is 11.3. The molecule has 0 aliphatic carbocycles. The van der Waals surface area contributed by atoms with E-state index in [-0.39, 0.29) is 17.8 Å². The fraction of sp³-hybridized carbons (Fsp3) is 0.462. The summed E-state index contributed by atoms with van der Waals surface area (Å²) in [7, 11) is 1.52. The molecule has 0 aliphatic rings. The zero-order valence-electron chi connectivity index (χ0n) is 14.3. The maximum Gasteiger partial charge on any atom is 0.368 e. The summed E-state index contributed by atoms with van der Waals surface area (Å²) >= 11 is 0. The molecule has 0 bridgehead atoms. The molecule has 0 radical (unpaired) electrons. The SMILES string of the molecule is [3H]n1ccc(OCc2c(-n3nnn(C)c3=O)cnn2C(C)(C)C)n1. The summed E-state index contributed by atoms with van der Waals surface area (Å²) in [5.74, 6) is 0.309. The first-order valence-electron chi connectivity index (χ1n) is 7.46. The Labute approximate surface area is 133 Å². The molecular formula is C13H18N8O2. The molecule has 0 unspecified atom stereocenters. The second-order valence-corrected chi connectivity index (χ2v) is 6.01. The molecule has 3 aromatic heterocycles. The van der Waals surface area contributed by atoms with E-state index in [9.17, 15) is 4.79 Å². The van der Waals surface area contributed by atoms with Crippen molar-refractivity contribution in [2.45, 2.75) is 32.9 Å². The van der Waals surface area contributed by atoms with Crippen LogP contribution in [0.25, 0.3) is 5.69 Å². The van der Waals surface area contributed by atoms with Crippen molar-refractivity contribution in [3.63, 3.8) is 0 Å². The molecule has 0 saturated carbocycles. The zero-order valence-corrected chi connectivity index (χ0v) is 13.3. The number of hydrogen-bond acceptors (Lipinski definition) is 6. The van der Waals surface area contributed by atoms with Crippen LogP contribution in [0.1, 0.15) is 26.5 Å². The third-order valence-corrected chi connectivity index (χ3v) is 3.23. The van der Waals surface area contributed by atoms with E-state index in [2.05, 4.69) is 20.6 Å². The number of aromatic nitrogens is 8. The first kappa shape index (κ1) is 13.7. The van der Waals surface area contributed by atoms with Crippen LogP contribution in [0.3, 0.4) is 0 Å². The van der Waals surface area contributed by atoms with Crippen molar-refractivity contribution in [2.75, 3.05) is 0 Å². The van der Waals surface area contributed by atoms with Crippen molar-refractivity contribution in [2.24, 2.45) is 7.05 Å². The van der Waals surface area contributed by atoms with Gasteiger partial charge in [-0.15, -0.1) is 5.10 Å². The van der Waals surface area contributed by atoms with Gasteiger partial charge in [-0.25, -0.2) is 4.79 Å². The molecule has 0 amide bonds. The second kappa shape index (κ2) is 5.38. The van der Waals surface area contributed by atoms with E-state index in [1.165, 1.54) is 17.9 Å². The lowest BCUT2D eigenvalue weighted by atomic mass is 10.1. The van der Waals surface area contributed by atoms with E-state index < -0.39 is 0 Å². The Morgan fingerprint density at radius 2 is 2.17 bits per heavy atom. The van der Waals surface area contributed by atoms with E-state index in [1.54, 1.807) is 16.9 Å². The molecule has 3 heterocycles. The van der Waals surface area contributed by atoms with Gasteiger partial charge in [-0.1, -0.05) is 0 Å². The quantitative estimate of drug-likeness (QED) is 0.736. The van der Waals surface area contributed by atoms with E-state index in [1.807, 2.05) is 20.8 Å². The zero-order chi connectivity index (χ0) is 17.5. The third kappa shape index (κ3) is 2.74. The summed E-state index contributed by atoms with van der Waals surface area (Å²) < 4.78 is 17.1. The Balaban J connectivity index is 2.02. The van der Waals surface area contributed by atoms with E-state index >= 15 is 0 Å². The number of nitrogens with zero attached hydrogens (tertiary/aromatic N) is 7. The highest BCUT2D eigenvalue weighted by molar-refractivity contribution is 5.34. The normalized spacial score (nSPS) is 12.4. The molecule has 1 N–H and O–H groups in total. The number of hydrogen-bond donors (Lipinski definition) is 1. The minimum Gasteiger partial charge on any atom is -0.470 e. The minimum atomic E-state index is -0.375. The van der Waals surface area contributed by atoms with E-state index in [4.69, 9.17) is 6.15 Å². The molecule has 0 aliphatic heterocycles. The predicted octanol–water partition coefficient (Wildman–Crippen LogP) is 0.220. The Hall–Kier alpha value is -2.91. The molecule has 23 heavy (non-hydrogen) atoms. The highest BCUT2D eigenvalue weighted by atomic mass is 16.5. The smallest absolute Gasteiger partial charge is 0.368 e. The van der Waals surface area contributed by atoms with Crippen molar-refractivity contribution < 1.29 is 6.15 Å². The molecular weight excluding hydrogens is 300 g/mol. The van der Waals surface area contributed by atoms with Gasteiger partial charge >= 0.3 is 5.69 Å². The number of rotatable bonds is 4. The molecule has 10 nitrogen and oxygen atoms in total. The Morgan fingerprint density at radius 1 is 1.39 bits per heavy atom. The van der Waals surface area contributed by atoms with Gasteiger partial charge in [0.1, 0.15) is 18.0 Å². The van der Waals surface area contributed by atoms with E-state index in [0.717, 1.165) is 9.77 Å². The standard InChI is InChI=1S/C13H18N8O2/c1-13(2,3)21-10(8-23-11-5-6-14-16-11)9(7-15-21)20-12(22)19(4)17-18-20/h5-7H,8H2,1-4H3,(H,14,16)/i/hT. The maximum absolute atomic E-state index is 12.1. The van der Waals surface area contributed by atoms with Gasteiger partial charge in [-0.2, -0.15) is 14.5 Å². The second-order valence-electron chi connectivity index (χ2n) is 6.01. The molecule has 0 spiro atoms. The summed E-state index contributed by atoms with van der Waals surface area (Å²) in [6.45, 7) is 6.09. The van der Waals surface area contributed by atoms with Gasteiger partial charge < -0.3 is 4.74 Å². The van der Waals surface area contributed by atoms with Crippen molar-refractivity contribution >= 4 is 0 Å². The highest BCUT2D eigenvalue weighted by Crippen LogP contribution is 2.22. The number of aromatic amines is 1. The fourth-order valence-electron chi connectivity index (χ4n) is 2.16.